The molecule has 1 aliphatic heterocycles. The highest BCUT2D eigenvalue weighted by Crippen LogP contribution is 2.26. The van der Waals surface area contributed by atoms with Crippen molar-refractivity contribution in [2.24, 2.45) is 0 Å². The van der Waals surface area contributed by atoms with Gasteiger partial charge in [-0.05, 0) is 20.8 Å². The summed E-state index contributed by atoms with van der Waals surface area (Å²) in [6.07, 6.45) is 0.298. The van der Waals surface area contributed by atoms with E-state index in [0.29, 0.717) is 5.69 Å². The fourth-order valence-electron chi connectivity index (χ4n) is 1.94. The molecule has 1 aromatic heterocycles. The molecule has 130 valence electrons. The molecule has 0 fully saturated rings. The summed E-state index contributed by atoms with van der Waals surface area (Å²) in [4.78, 5) is 42.7. The zero-order valence-electron chi connectivity index (χ0n) is 13.4. The number of ether oxygens (including phenoxy) is 2. The quantitative estimate of drug-likeness (QED) is 0.723. The molecular formula is C14H18N4O6. The van der Waals surface area contributed by atoms with Crippen molar-refractivity contribution >= 4 is 23.7 Å². The second-order valence-electron chi connectivity index (χ2n) is 6.11. The number of aromatic nitrogens is 2. The lowest BCUT2D eigenvalue weighted by Crippen LogP contribution is -2.49. The largest absolute Gasteiger partial charge is 0.480 e. The first-order chi connectivity index (χ1) is 11.2. The van der Waals surface area contributed by atoms with E-state index < -0.39 is 35.7 Å². The van der Waals surface area contributed by atoms with Gasteiger partial charge in [0, 0.05) is 6.42 Å². The molecule has 10 heteroatoms. The number of alkyl carbamates (subject to hydrolysis) is 1. The molecule has 24 heavy (non-hydrogen) atoms. The maximum absolute atomic E-state index is 12.0. The molecule has 2 amide bonds. The van der Waals surface area contributed by atoms with Crippen LogP contribution in [0.4, 0.5) is 10.5 Å². The molecular weight excluding hydrogens is 320 g/mol. The standard InChI is InChI=1S/C14H18N4O6/c1-14(2,3)24-13(22)18-7(12(20)21)4-9-10(19)17-8-5-15-6-16-11(8)23-9/h5-7,9H,4H2,1-3H3,(H,17,19)(H,18,22)(H,20,21)/t7-,9?/m0/s1. The Kier molecular flexibility index (Phi) is 4.86. The van der Waals surface area contributed by atoms with Crippen LogP contribution in [0, 0.1) is 0 Å². The van der Waals surface area contributed by atoms with Crippen LogP contribution in [0.25, 0.3) is 0 Å². The number of nitrogens with one attached hydrogen (secondary N) is 2. The number of aliphatic carboxylic acids is 1. The van der Waals surface area contributed by atoms with Gasteiger partial charge in [0.15, 0.2) is 6.10 Å². The van der Waals surface area contributed by atoms with E-state index >= 15 is 0 Å². The number of carboxylic acid groups (broad SMARTS) is 1. The summed E-state index contributed by atoms with van der Waals surface area (Å²) in [6, 6.07) is -1.36. The van der Waals surface area contributed by atoms with E-state index in [-0.39, 0.29) is 12.3 Å². The Morgan fingerprint density at radius 3 is 2.83 bits per heavy atom. The van der Waals surface area contributed by atoms with Gasteiger partial charge in [-0.1, -0.05) is 0 Å². The minimum absolute atomic E-state index is 0.135. The van der Waals surface area contributed by atoms with Crippen molar-refractivity contribution in [3.8, 4) is 5.88 Å². The Labute approximate surface area is 137 Å². The van der Waals surface area contributed by atoms with Crippen molar-refractivity contribution in [1.29, 1.82) is 0 Å². The molecule has 10 nitrogen and oxygen atoms in total. The van der Waals surface area contributed by atoms with Crippen LogP contribution < -0.4 is 15.4 Å². The lowest BCUT2D eigenvalue weighted by Gasteiger charge is -2.27. The summed E-state index contributed by atoms with van der Waals surface area (Å²) in [5.41, 5.74) is -0.479. The van der Waals surface area contributed by atoms with Gasteiger partial charge in [0.2, 0.25) is 5.88 Å². The van der Waals surface area contributed by atoms with Crippen LogP contribution >= 0.6 is 0 Å². The lowest BCUT2D eigenvalue weighted by atomic mass is 10.1. The zero-order chi connectivity index (χ0) is 17.9. The first kappa shape index (κ1) is 17.4. The summed E-state index contributed by atoms with van der Waals surface area (Å²) >= 11 is 0. The number of carbonyl (C=O) groups excluding carboxylic acids is 2. The van der Waals surface area contributed by atoms with Crippen LogP contribution in [0.5, 0.6) is 5.88 Å². The molecule has 0 saturated carbocycles. The van der Waals surface area contributed by atoms with Crippen LogP contribution in [0.1, 0.15) is 27.2 Å². The summed E-state index contributed by atoms with van der Waals surface area (Å²) in [7, 11) is 0. The number of hydrogen-bond acceptors (Lipinski definition) is 7. The molecule has 0 bridgehead atoms. The van der Waals surface area contributed by atoms with Gasteiger partial charge >= 0.3 is 12.1 Å². The van der Waals surface area contributed by atoms with E-state index in [1.165, 1.54) is 12.5 Å². The second-order valence-corrected chi connectivity index (χ2v) is 6.11. The number of amides is 2. The normalized spacial score (nSPS) is 17.8. The van der Waals surface area contributed by atoms with Crippen LogP contribution in [0.15, 0.2) is 12.5 Å². The van der Waals surface area contributed by atoms with Gasteiger partial charge in [0.05, 0.1) is 6.20 Å². The van der Waals surface area contributed by atoms with Gasteiger partial charge in [0.1, 0.15) is 23.7 Å². The number of rotatable bonds is 4. The van der Waals surface area contributed by atoms with Gasteiger partial charge in [-0.15, -0.1) is 0 Å². The van der Waals surface area contributed by atoms with Crippen molar-refractivity contribution in [2.45, 2.75) is 44.9 Å². The molecule has 1 aliphatic rings. The van der Waals surface area contributed by atoms with E-state index in [2.05, 4.69) is 20.6 Å². The minimum atomic E-state index is -1.36. The van der Waals surface area contributed by atoms with Crippen LogP contribution in [-0.2, 0) is 14.3 Å². The molecule has 2 rings (SSSR count). The van der Waals surface area contributed by atoms with E-state index in [9.17, 15) is 19.5 Å². The highest BCUT2D eigenvalue weighted by atomic mass is 16.6. The monoisotopic (exact) mass is 338 g/mol. The Hall–Kier alpha value is -2.91. The zero-order valence-corrected chi connectivity index (χ0v) is 13.4. The van der Waals surface area contributed by atoms with E-state index in [1.807, 2.05) is 0 Å². The van der Waals surface area contributed by atoms with Crippen molar-refractivity contribution in [1.82, 2.24) is 15.3 Å². The van der Waals surface area contributed by atoms with Gasteiger partial charge < -0.3 is 25.2 Å². The topological polar surface area (TPSA) is 140 Å². The second kappa shape index (κ2) is 6.69. The minimum Gasteiger partial charge on any atom is -0.480 e. The Morgan fingerprint density at radius 1 is 1.50 bits per heavy atom. The molecule has 0 spiro atoms. The van der Waals surface area contributed by atoms with Crippen LogP contribution in [0.3, 0.4) is 0 Å². The smallest absolute Gasteiger partial charge is 0.408 e. The van der Waals surface area contributed by atoms with Crippen LogP contribution in [-0.4, -0.2) is 50.8 Å². The van der Waals surface area contributed by atoms with E-state index in [1.54, 1.807) is 20.8 Å². The summed E-state index contributed by atoms with van der Waals surface area (Å²) in [6.45, 7) is 4.95. The summed E-state index contributed by atoms with van der Waals surface area (Å²) < 4.78 is 10.4. The summed E-state index contributed by atoms with van der Waals surface area (Å²) in [5, 5.41) is 14.0. The van der Waals surface area contributed by atoms with Gasteiger partial charge in [0.25, 0.3) is 5.91 Å². The highest BCUT2D eigenvalue weighted by molar-refractivity contribution is 5.97. The Balaban J connectivity index is 2.04. The first-order valence-corrected chi connectivity index (χ1v) is 7.15. The number of fused-ring (bicyclic) bond motifs is 1. The third-order valence-electron chi connectivity index (χ3n) is 2.92. The van der Waals surface area contributed by atoms with Crippen molar-refractivity contribution in [3.63, 3.8) is 0 Å². The Morgan fingerprint density at radius 2 is 2.21 bits per heavy atom. The van der Waals surface area contributed by atoms with Crippen molar-refractivity contribution in [2.75, 3.05) is 5.32 Å². The molecule has 3 N–H and O–H groups in total. The molecule has 2 heterocycles. The van der Waals surface area contributed by atoms with Crippen molar-refractivity contribution < 1.29 is 29.0 Å². The maximum Gasteiger partial charge on any atom is 0.408 e. The molecule has 0 aromatic carbocycles. The molecule has 1 unspecified atom stereocenters. The number of hydrogen-bond donors (Lipinski definition) is 3. The number of anilines is 1. The average Bonchev–Trinajstić information content (AvgIpc) is 2.45. The molecule has 0 radical (unpaired) electrons. The predicted molar refractivity (Wildman–Crippen MR) is 80.5 cm³/mol. The fraction of sp³-hybridized carbons (Fsp3) is 0.500. The average molecular weight is 338 g/mol. The first-order valence-electron chi connectivity index (χ1n) is 7.15. The van der Waals surface area contributed by atoms with E-state index in [0.717, 1.165) is 0 Å². The van der Waals surface area contributed by atoms with Gasteiger partial charge in [-0.3, -0.25) is 4.79 Å². The van der Waals surface area contributed by atoms with Crippen molar-refractivity contribution in [3.05, 3.63) is 12.5 Å². The number of nitrogens with zero attached hydrogens (tertiary/aromatic N) is 2. The fourth-order valence-corrected chi connectivity index (χ4v) is 1.94. The number of carboxylic acids is 1. The molecule has 1 aromatic rings. The maximum atomic E-state index is 12.0. The number of carbonyl (C=O) groups is 3. The third-order valence-corrected chi connectivity index (χ3v) is 2.92. The van der Waals surface area contributed by atoms with E-state index in [4.69, 9.17) is 9.47 Å². The Bertz CT molecular complexity index is 657. The summed E-state index contributed by atoms with van der Waals surface area (Å²) in [5.74, 6) is -1.73. The third kappa shape index (κ3) is 4.54. The van der Waals surface area contributed by atoms with Gasteiger partial charge in [-0.2, -0.15) is 4.98 Å². The molecule has 0 aliphatic carbocycles. The lowest BCUT2D eigenvalue weighted by molar-refractivity contribution is -0.140. The van der Waals surface area contributed by atoms with Gasteiger partial charge in [-0.25, -0.2) is 14.6 Å². The SMILES string of the molecule is CC(C)(C)OC(=O)N[C@@H](CC1Oc2ncncc2NC1=O)C(=O)O. The molecule has 0 saturated heterocycles. The predicted octanol–water partition coefficient (Wildman–Crippen LogP) is 0.544. The van der Waals surface area contributed by atoms with Crippen LogP contribution in [0.2, 0.25) is 0 Å². The molecule has 2 atom stereocenters. The highest BCUT2D eigenvalue weighted by Gasteiger charge is 2.34.